The summed E-state index contributed by atoms with van der Waals surface area (Å²) in [5, 5.41) is 3.78. The number of nitrogens with one attached hydrogen (secondary N) is 1. The molecule has 0 aromatic carbocycles. The number of rotatable bonds is 1. The minimum atomic E-state index is 0.146. The van der Waals surface area contributed by atoms with Crippen LogP contribution in [-0.2, 0) is 9.47 Å². The molecular formula is C15H27NO2. The van der Waals surface area contributed by atoms with E-state index in [0.29, 0.717) is 6.04 Å². The van der Waals surface area contributed by atoms with Gasteiger partial charge in [-0.15, -0.1) is 0 Å². The molecule has 1 N–H and O–H groups in total. The Labute approximate surface area is 111 Å². The van der Waals surface area contributed by atoms with Crippen LogP contribution in [0.15, 0.2) is 0 Å². The highest BCUT2D eigenvalue weighted by atomic mass is 16.5. The smallest absolute Gasteiger partial charge is 0.0838 e. The average molecular weight is 253 g/mol. The Morgan fingerprint density at radius 1 is 1.00 bits per heavy atom. The van der Waals surface area contributed by atoms with Crippen LogP contribution in [0.25, 0.3) is 0 Å². The summed E-state index contributed by atoms with van der Waals surface area (Å²) in [6, 6.07) is 0.572. The summed E-state index contributed by atoms with van der Waals surface area (Å²) in [7, 11) is 0. The first-order chi connectivity index (χ1) is 8.80. The molecule has 1 spiro atoms. The van der Waals surface area contributed by atoms with E-state index in [9.17, 15) is 0 Å². The Morgan fingerprint density at radius 3 is 2.44 bits per heavy atom. The van der Waals surface area contributed by atoms with Crippen molar-refractivity contribution in [2.24, 2.45) is 11.8 Å². The number of ether oxygens (including phenoxy) is 2. The lowest BCUT2D eigenvalue weighted by atomic mass is 9.69. The van der Waals surface area contributed by atoms with E-state index in [1.807, 2.05) is 0 Å². The molecular weight excluding hydrogens is 226 g/mol. The second-order valence-electron chi connectivity index (χ2n) is 6.48. The molecule has 2 heterocycles. The largest absolute Gasteiger partial charge is 0.381 e. The first-order valence-corrected chi connectivity index (χ1v) is 7.75. The van der Waals surface area contributed by atoms with E-state index in [1.165, 1.54) is 38.5 Å². The molecule has 1 atom stereocenters. The molecule has 0 aromatic rings. The zero-order chi connectivity index (χ0) is 12.4. The molecule has 1 saturated carbocycles. The Balaban J connectivity index is 1.72. The molecule has 1 aliphatic carbocycles. The van der Waals surface area contributed by atoms with Crippen LogP contribution in [-0.4, -0.2) is 38.0 Å². The molecule has 2 aliphatic heterocycles. The fourth-order valence-corrected chi connectivity index (χ4v) is 4.10. The van der Waals surface area contributed by atoms with Crippen LogP contribution in [0.1, 0.15) is 45.4 Å². The Hall–Kier alpha value is -0.120. The fraction of sp³-hybridized carbons (Fsp3) is 1.00. The van der Waals surface area contributed by atoms with E-state index < -0.39 is 0 Å². The minimum absolute atomic E-state index is 0.146. The van der Waals surface area contributed by atoms with Gasteiger partial charge in [-0.1, -0.05) is 6.92 Å². The molecule has 3 fully saturated rings. The Bertz CT molecular complexity index is 268. The maximum Gasteiger partial charge on any atom is 0.0838 e. The Kier molecular flexibility index (Phi) is 3.92. The normalized spacial score (nSPS) is 43.2. The fourth-order valence-electron chi connectivity index (χ4n) is 4.10. The molecule has 18 heavy (non-hydrogen) atoms. The van der Waals surface area contributed by atoms with Crippen LogP contribution in [0.4, 0.5) is 0 Å². The van der Waals surface area contributed by atoms with Crippen LogP contribution < -0.4 is 5.32 Å². The van der Waals surface area contributed by atoms with E-state index in [0.717, 1.165) is 38.2 Å². The summed E-state index contributed by atoms with van der Waals surface area (Å²) in [4.78, 5) is 0. The first kappa shape index (κ1) is 12.9. The zero-order valence-electron chi connectivity index (χ0n) is 11.6. The van der Waals surface area contributed by atoms with Crippen molar-refractivity contribution in [3.8, 4) is 0 Å². The van der Waals surface area contributed by atoms with Crippen molar-refractivity contribution in [3.05, 3.63) is 0 Å². The molecule has 3 nitrogen and oxygen atoms in total. The summed E-state index contributed by atoms with van der Waals surface area (Å²) in [5.41, 5.74) is 0.146. The van der Waals surface area contributed by atoms with Crippen molar-refractivity contribution >= 4 is 0 Å². The van der Waals surface area contributed by atoms with Crippen LogP contribution in [0.2, 0.25) is 0 Å². The third kappa shape index (κ3) is 2.45. The lowest BCUT2D eigenvalue weighted by Gasteiger charge is -2.51. The van der Waals surface area contributed by atoms with Gasteiger partial charge in [0.1, 0.15) is 0 Å². The summed E-state index contributed by atoms with van der Waals surface area (Å²) in [5.74, 6) is 1.64. The summed E-state index contributed by atoms with van der Waals surface area (Å²) >= 11 is 0. The van der Waals surface area contributed by atoms with Gasteiger partial charge in [0.25, 0.3) is 0 Å². The van der Waals surface area contributed by atoms with Gasteiger partial charge in [0.05, 0.1) is 12.2 Å². The molecule has 0 radical (unpaired) electrons. The van der Waals surface area contributed by atoms with Crippen LogP contribution in [0.3, 0.4) is 0 Å². The van der Waals surface area contributed by atoms with Crippen molar-refractivity contribution in [2.75, 3.05) is 26.4 Å². The first-order valence-electron chi connectivity index (χ1n) is 7.75. The zero-order valence-corrected chi connectivity index (χ0v) is 11.6. The molecule has 0 amide bonds. The highest BCUT2D eigenvalue weighted by Gasteiger charge is 2.47. The number of morpholine rings is 1. The predicted molar refractivity (Wildman–Crippen MR) is 71.6 cm³/mol. The second kappa shape index (κ2) is 5.48. The third-order valence-electron chi connectivity index (χ3n) is 5.28. The van der Waals surface area contributed by atoms with E-state index in [1.54, 1.807) is 0 Å². The topological polar surface area (TPSA) is 30.5 Å². The van der Waals surface area contributed by atoms with E-state index in [2.05, 4.69) is 12.2 Å². The van der Waals surface area contributed by atoms with Gasteiger partial charge in [0, 0.05) is 25.8 Å². The van der Waals surface area contributed by atoms with Gasteiger partial charge >= 0.3 is 0 Å². The lowest BCUT2D eigenvalue weighted by Crippen LogP contribution is -2.62. The molecule has 104 valence electrons. The molecule has 3 aliphatic rings. The van der Waals surface area contributed by atoms with Gasteiger partial charge in [0.2, 0.25) is 0 Å². The number of hydrogen-bond acceptors (Lipinski definition) is 3. The molecule has 1 unspecified atom stereocenters. The van der Waals surface area contributed by atoms with Crippen molar-refractivity contribution in [1.82, 2.24) is 5.32 Å². The highest BCUT2D eigenvalue weighted by Crippen LogP contribution is 2.42. The number of hydrogen-bond donors (Lipinski definition) is 1. The van der Waals surface area contributed by atoms with E-state index in [4.69, 9.17) is 9.47 Å². The maximum absolute atomic E-state index is 6.32. The summed E-state index contributed by atoms with van der Waals surface area (Å²) in [6.45, 7) is 6.19. The predicted octanol–water partition coefficient (Wildman–Crippen LogP) is 2.35. The van der Waals surface area contributed by atoms with Crippen molar-refractivity contribution < 1.29 is 9.47 Å². The van der Waals surface area contributed by atoms with Crippen molar-refractivity contribution in [2.45, 2.75) is 57.1 Å². The molecule has 3 rings (SSSR count). The lowest BCUT2D eigenvalue weighted by molar-refractivity contribution is -0.142. The van der Waals surface area contributed by atoms with Crippen LogP contribution in [0, 0.1) is 11.8 Å². The van der Waals surface area contributed by atoms with Crippen LogP contribution >= 0.6 is 0 Å². The third-order valence-corrected chi connectivity index (χ3v) is 5.28. The Morgan fingerprint density at radius 2 is 1.72 bits per heavy atom. The van der Waals surface area contributed by atoms with Crippen molar-refractivity contribution in [1.29, 1.82) is 0 Å². The van der Waals surface area contributed by atoms with Gasteiger partial charge in [0.15, 0.2) is 0 Å². The van der Waals surface area contributed by atoms with Crippen molar-refractivity contribution in [3.63, 3.8) is 0 Å². The molecule has 0 aromatic heterocycles. The van der Waals surface area contributed by atoms with Gasteiger partial charge < -0.3 is 14.8 Å². The van der Waals surface area contributed by atoms with Gasteiger partial charge in [-0.25, -0.2) is 0 Å². The minimum Gasteiger partial charge on any atom is -0.381 e. The maximum atomic E-state index is 6.32. The highest BCUT2D eigenvalue weighted by molar-refractivity contribution is 5.01. The monoisotopic (exact) mass is 253 g/mol. The quantitative estimate of drug-likeness (QED) is 0.778. The SMILES string of the molecule is CC1CCC2(CC1)OCCNC2C1CCOCC1. The summed E-state index contributed by atoms with van der Waals surface area (Å²) < 4.78 is 11.8. The molecule has 2 saturated heterocycles. The van der Waals surface area contributed by atoms with Gasteiger partial charge in [-0.3, -0.25) is 0 Å². The molecule has 0 bridgehead atoms. The molecule has 3 heteroatoms. The average Bonchev–Trinajstić information content (AvgIpc) is 2.44. The van der Waals surface area contributed by atoms with Gasteiger partial charge in [-0.2, -0.15) is 0 Å². The van der Waals surface area contributed by atoms with E-state index >= 15 is 0 Å². The van der Waals surface area contributed by atoms with Crippen LogP contribution in [0.5, 0.6) is 0 Å². The summed E-state index contributed by atoms with van der Waals surface area (Å²) in [6.07, 6.45) is 7.59. The second-order valence-corrected chi connectivity index (χ2v) is 6.48. The standard InChI is InChI=1S/C15H27NO2/c1-12-2-6-15(7-3-12)14(16-8-11-18-15)13-4-9-17-10-5-13/h12-14,16H,2-11H2,1H3. The van der Waals surface area contributed by atoms with E-state index in [-0.39, 0.29) is 5.60 Å². The van der Waals surface area contributed by atoms with Gasteiger partial charge in [-0.05, 0) is 50.4 Å².